The van der Waals surface area contributed by atoms with E-state index >= 15 is 0 Å². The largest absolute Gasteiger partial charge is 0.491 e. The lowest BCUT2D eigenvalue weighted by atomic mass is 10.2. The number of hydrogen-bond acceptors (Lipinski definition) is 7. The van der Waals surface area contributed by atoms with Gasteiger partial charge in [0.2, 0.25) is 5.95 Å². The van der Waals surface area contributed by atoms with Crippen LogP contribution in [0.4, 0.5) is 5.95 Å². The van der Waals surface area contributed by atoms with Crippen LogP contribution in [-0.4, -0.2) is 83.4 Å². The zero-order valence-electron chi connectivity index (χ0n) is 17.9. The van der Waals surface area contributed by atoms with E-state index in [4.69, 9.17) is 9.72 Å². The number of nitrogens with zero attached hydrogens (tertiary/aromatic N) is 5. The smallest absolute Gasteiger partial charge is 0.225 e. The van der Waals surface area contributed by atoms with Crippen LogP contribution in [0, 0.1) is 6.92 Å². The Hall–Kier alpha value is -2.22. The minimum Gasteiger partial charge on any atom is -0.491 e. The Balaban J connectivity index is 1.19. The summed E-state index contributed by atoms with van der Waals surface area (Å²) in [6, 6.07) is 9.96. The highest BCUT2D eigenvalue weighted by atomic mass is 16.5. The second-order valence-corrected chi connectivity index (χ2v) is 8.40. The maximum atomic E-state index is 10.4. The molecule has 0 aliphatic carbocycles. The number of aryl methyl sites for hydroxylation is 1. The molecule has 0 bridgehead atoms. The molecule has 2 aliphatic rings. The third kappa shape index (κ3) is 5.90. The van der Waals surface area contributed by atoms with Gasteiger partial charge in [-0.25, -0.2) is 9.97 Å². The molecule has 2 aliphatic heterocycles. The number of ether oxygens (including phenoxy) is 1. The van der Waals surface area contributed by atoms with E-state index in [9.17, 15) is 5.11 Å². The van der Waals surface area contributed by atoms with Crippen molar-refractivity contribution in [1.29, 1.82) is 0 Å². The van der Waals surface area contributed by atoms with Gasteiger partial charge in [0.05, 0.1) is 5.69 Å². The van der Waals surface area contributed by atoms with Gasteiger partial charge in [0.15, 0.2) is 0 Å². The van der Waals surface area contributed by atoms with E-state index in [0.717, 1.165) is 68.8 Å². The van der Waals surface area contributed by atoms with Crippen LogP contribution in [0.15, 0.2) is 36.5 Å². The first-order valence-electron chi connectivity index (χ1n) is 11.0. The summed E-state index contributed by atoms with van der Waals surface area (Å²) in [5, 5.41) is 10.4. The molecular weight excluding hydrogens is 378 g/mol. The van der Waals surface area contributed by atoms with Crippen molar-refractivity contribution in [3.05, 3.63) is 47.8 Å². The van der Waals surface area contributed by atoms with E-state index in [2.05, 4.69) is 19.7 Å². The molecule has 1 N–H and O–H groups in total. The number of aromatic nitrogens is 2. The molecule has 162 valence electrons. The van der Waals surface area contributed by atoms with Crippen molar-refractivity contribution < 1.29 is 9.84 Å². The Kier molecular flexibility index (Phi) is 7.15. The van der Waals surface area contributed by atoms with Crippen LogP contribution < -0.4 is 9.64 Å². The average Bonchev–Trinajstić information content (AvgIpc) is 3.29. The molecule has 7 nitrogen and oxygen atoms in total. The quantitative estimate of drug-likeness (QED) is 0.712. The Morgan fingerprint density at radius 2 is 1.80 bits per heavy atom. The predicted molar refractivity (Wildman–Crippen MR) is 118 cm³/mol. The van der Waals surface area contributed by atoms with Crippen LogP contribution in [0.3, 0.4) is 0 Å². The summed E-state index contributed by atoms with van der Waals surface area (Å²) >= 11 is 0. The highest BCUT2D eigenvalue weighted by Gasteiger charge is 2.21. The maximum Gasteiger partial charge on any atom is 0.225 e. The normalized spacial score (nSPS) is 19.2. The molecule has 0 amide bonds. The van der Waals surface area contributed by atoms with Crippen LogP contribution in [0.25, 0.3) is 0 Å². The molecule has 3 heterocycles. The molecule has 0 saturated carbocycles. The fourth-order valence-corrected chi connectivity index (χ4v) is 4.15. The molecular formula is C23H33N5O2. The van der Waals surface area contributed by atoms with Gasteiger partial charge in [-0.05, 0) is 43.5 Å². The van der Waals surface area contributed by atoms with Gasteiger partial charge in [-0.2, -0.15) is 0 Å². The zero-order chi connectivity index (χ0) is 20.8. The molecule has 1 aromatic heterocycles. The topological polar surface area (TPSA) is 65.0 Å². The summed E-state index contributed by atoms with van der Waals surface area (Å²) < 4.78 is 5.74. The van der Waals surface area contributed by atoms with E-state index in [1.54, 1.807) is 0 Å². The number of aliphatic hydroxyl groups is 1. The molecule has 30 heavy (non-hydrogen) atoms. The van der Waals surface area contributed by atoms with E-state index in [0.29, 0.717) is 13.2 Å². The number of hydrogen-bond donors (Lipinski definition) is 1. The van der Waals surface area contributed by atoms with Gasteiger partial charge in [-0.3, -0.25) is 9.80 Å². The zero-order valence-corrected chi connectivity index (χ0v) is 17.9. The first-order chi connectivity index (χ1) is 14.7. The molecule has 2 saturated heterocycles. The molecule has 4 rings (SSSR count). The molecule has 7 heteroatoms. The average molecular weight is 412 g/mol. The third-order valence-corrected chi connectivity index (χ3v) is 5.84. The van der Waals surface area contributed by atoms with Crippen LogP contribution >= 0.6 is 0 Å². The van der Waals surface area contributed by atoms with Crippen LogP contribution in [-0.2, 0) is 6.54 Å². The second-order valence-electron chi connectivity index (χ2n) is 8.40. The summed E-state index contributed by atoms with van der Waals surface area (Å²) in [6.07, 6.45) is 3.87. The van der Waals surface area contributed by atoms with Gasteiger partial charge < -0.3 is 14.7 Å². The summed E-state index contributed by atoms with van der Waals surface area (Å²) in [5.41, 5.74) is 2.25. The highest BCUT2D eigenvalue weighted by molar-refractivity contribution is 5.31. The van der Waals surface area contributed by atoms with Gasteiger partial charge >= 0.3 is 0 Å². The van der Waals surface area contributed by atoms with Crippen molar-refractivity contribution >= 4 is 5.95 Å². The maximum absolute atomic E-state index is 10.4. The first-order valence-corrected chi connectivity index (χ1v) is 11.0. The minimum absolute atomic E-state index is 0.323. The van der Waals surface area contributed by atoms with Crippen LogP contribution in [0.2, 0.25) is 0 Å². The molecule has 2 aromatic rings. The number of anilines is 1. The number of β-amino-alcohol motifs (C(OH)–C–C–N with tert-alkyl or cyclic N) is 1. The van der Waals surface area contributed by atoms with Crippen molar-refractivity contribution in [2.45, 2.75) is 32.4 Å². The van der Waals surface area contributed by atoms with Crippen molar-refractivity contribution in [1.82, 2.24) is 19.8 Å². The summed E-state index contributed by atoms with van der Waals surface area (Å²) in [6.45, 7) is 9.86. The number of benzene rings is 1. The molecule has 1 atom stereocenters. The fraction of sp³-hybridized carbons (Fsp3) is 0.565. The Morgan fingerprint density at radius 1 is 1.03 bits per heavy atom. The van der Waals surface area contributed by atoms with Crippen LogP contribution in [0.1, 0.15) is 24.1 Å². The van der Waals surface area contributed by atoms with Crippen molar-refractivity contribution in [3.63, 3.8) is 0 Å². The summed E-state index contributed by atoms with van der Waals surface area (Å²) in [4.78, 5) is 16.3. The monoisotopic (exact) mass is 411 g/mol. The van der Waals surface area contributed by atoms with E-state index in [1.165, 1.54) is 12.8 Å². The standard InChI is InChI=1S/C23H33N5O2/c1-19-5-4-6-22(15-19)30-18-21(29)17-27-13-11-26(12-14-27)16-20-7-8-24-23(25-20)28-9-2-3-10-28/h4-8,15,21,29H,2-3,9-14,16-18H2,1H3. The van der Waals surface area contributed by atoms with E-state index in [1.807, 2.05) is 43.5 Å². The Bertz CT molecular complexity index is 804. The van der Waals surface area contributed by atoms with Gasteiger partial charge in [-0.1, -0.05) is 12.1 Å². The number of rotatable bonds is 8. The van der Waals surface area contributed by atoms with E-state index < -0.39 is 6.10 Å². The van der Waals surface area contributed by atoms with Crippen molar-refractivity contribution in [2.75, 3.05) is 57.3 Å². The van der Waals surface area contributed by atoms with Gasteiger partial charge in [0, 0.05) is 58.6 Å². The van der Waals surface area contributed by atoms with Crippen LogP contribution in [0.5, 0.6) is 5.75 Å². The van der Waals surface area contributed by atoms with Crippen molar-refractivity contribution in [3.8, 4) is 5.75 Å². The number of aliphatic hydroxyl groups excluding tert-OH is 1. The lowest BCUT2D eigenvalue weighted by Crippen LogP contribution is -2.48. The van der Waals surface area contributed by atoms with E-state index in [-0.39, 0.29) is 0 Å². The lowest BCUT2D eigenvalue weighted by Gasteiger charge is -2.35. The molecule has 0 spiro atoms. The minimum atomic E-state index is -0.484. The Labute approximate surface area is 179 Å². The van der Waals surface area contributed by atoms with Gasteiger partial charge in [0.1, 0.15) is 18.5 Å². The highest BCUT2D eigenvalue weighted by Crippen LogP contribution is 2.16. The van der Waals surface area contributed by atoms with Gasteiger partial charge in [-0.15, -0.1) is 0 Å². The molecule has 2 fully saturated rings. The van der Waals surface area contributed by atoms with Crippen molar-refractivity contribution in [2.24, 2.45) is 0 Å². The number of piperazine rings is 1. The molecule has 0 radical (unpaired) electrons. The second kappa shape index (κ2) is 10.2. The molecule has 1 aromatic carbocycles. The first kappa shape index (κ1) is 21.0. The lowest BCUT2D eigenvalue weighted by molar-refractivity contribution is 0.0444. The fourth-order valence-electron chi connectivity index (χ4n) is 4.15. The molecule has 1 unspecified atom stereocenters. The summed E-state index contributed by atoms with van der Waals surface area (Å²) in [5.74, 6) is 1.69. The SMILES string of the molecule is Cc1cccc(OCC(O)CN2CCN(Cc3ccnc(N4CCCC4)n3)CC2)c1. The Morgan fingerprint density at radius 3 is 2.57 bits per heavy atom. The third-order valence-electron chi connectivity index (χ3n) is 5.84. The predicted octanol–water partition coefficient (Wildman–Crippen LogP) is 1.94. The van der Waals surface area contributed by atoms with Gasteiger partial charge in [0.25, 0.3) is 0 Å². The summed E-state index contributed by atoms with van der Waals surface area (Å²) in [7, 11) is 0.